The molecule has 106 valence electrons. The normalized spacial score (nSPS) is 12.1. The quantitative estimate of drug-likeness (QED) is 0.755. The lowest BCUT2D eigenvalue weighted by atomic mass is 10.0. The van der Waals surface area contributed by atoms with Gasteiger partial charge in [0.05, 0.1) is 5.69 Å². The number of H-pyrrole nitrogens is 1. The molecule has 2 aromatic rings. The highest BCUT2D eigenvalue weighted by atomic mass is 16.1. The van der Waals surface area contributed by atoms with Crippen molar-refractivity contribution in [2.45, 2.75) is 19.8 Å². The van der Waals surface area contributed by atoms with Crippen LogP contribution in [0.15, 0.2) is 36.5 Å². The Balaban J connectivity index is 1.95. The lowest BCUT2D eigenvalue weighted by Crippen LogP contribution is -2.21. The molecule has 1 aromatic heterocycles. The number of anilines is 1. The summed E-state index contributed by atoms with van der Waals surface area (Å²) < 4.78 is 0. The van der Waals surface area contributed by atoms with Crippen LogP contribution in [-0.4, -0.2) is 22.6 Å². The Morgan fingerprint density at radius 3 is 2.65 bits per heavy atom. The van der Waals surface area contributed by atoms with Gasteiger partial charge in [0.1, 0.15) is 0 Å². The van der Waals surface area contributed by atoms with E-state index in [1.54, 1.807) is 6.20 Å². The number of carbonyl (C=O) groups is 1. The maximum atomic E-state index is 11.9. The fourth-order valence-electron chi connectivity index (χ4n) is 2.02. The van der Waals surface area contributed by atoms with Crippen molar-refractivity contribution in [1.82, 2.24) is 10.2 Å². The molecule has 0 fully saturated rings. The molecule has 0 saturated carbocycles. The van der Waals surface area contributed by atoms with E-state index in [0.29, 0.717) is 13.0 Å². The fraction of sp³-hybridized carbons (Fsp3) is 0.333. The van der Waals surface area contributed by atoms with Crippen LogP contribution in [0.3, 0.4) is 0 Å². The van der Waals surface area contributed by atoms with Crippen LogP contribution in [-0.2, 0) is 4.79 Å². The first-order valence-electron chi connectivity index (χ1n) is 6.82. The number of hydrogen-bond donors (Lipinski definition) is 3. The van der Waals surface area contributed by atoms with Crippen molar-refractivity contribution in [3.63, 3.8) is 0 Å². The first-order chi connectivity index (χ1) is 9.72. The van der Waals surface area contributed by atoms with E-state index >= 15 is 0 Å². The average molecular weight is 272 g/mol. The summed E-state index contributed by atoms with van der Waals surface area (Å²) in [4.78, 5) is 11.9. The van der Waals surface area contributed by atoms with Crippen LogP contribution >= 0.6 is 0 Å². The van der Waals surface area contributed by atoms with Crippen molar-refractivity contribution >= 4 is 11.6 Å². The molecule has 0 aliphatic rings. The first kappa shape index (κ1) is 14.3. The molecule has 0 spiro atoms. The molecule has 1 heterocycles. The molecule has 5 nitrogen and oxygen atoms in total. The largest absolute Gasteiger partial charge is 0.330 e. The molecular formula is C15H20N4O. The second kappa shape index (κ2) is 6.86. The molecule has 0 bridgehead atoms. The predicted molar refractivity (Wildman–Crippen MR) is 80.1 cm³/mol. The molecular weight excluding hydrogens is 252 g/mol. The van der Waals surface area contributed by atoms with Crippen molar-refractivity contribution in [1.29, 1.82) is 0 Å². The summed E-state index contributed by atoms with van der Waals surface area (Å²) in [5.74, 6) is 0.260. The summed E-state index contributed by atoms with van der Waals surface area (Å²) in [6, 6.07) is 9.57. The Morgan fingerprint density at radius 1 is 1.35 bits per heavy atom. The second-order valence-electron chi connectivity index (χ2n) is 4.81. The standard InChI is InChI=1S/C15H20N4O/c1-2-11(10-16)9-15(20)18-13-5-3-12(4-6-13)14-7-8-17-19-14/h3-8,11H,2,9-10,16H2,1H3,(H,17,19)(H,18,20). The predicted octanol–water partition coefficient (Wildman–Crippen LogP) is 2.39. The Hall–Kier alpha value is -2.14. The van der Waals surface area contributed by atoms with E-state index in [1.807, 2.05) is 37.3 Å². The van der Waals surface area contributed by atoms with Crippen LogP contribution in [0, 0.1) is 5.92 Å². The van der Waals surface area contributed by atoms with Gasteiger partial charge in [-0.2, -0.15) is 5.10 Å². The van der Waals surface area contributed by atoms with Crippen molar-refractivity contribution in [3.05, 3.63) is 36.5 Å². The second-order valence-corrected chi connectivity index (χ2v) is 4.81. The molecule has 1 amide bonds. The summed E-state index contributed by atoms with van der Waals surface area (Å²) >= 11 is 0. The Bertz CT molecular complexity index is 530. The molecule has 2 rings (SSSR count). The number of rotatable bonds is 6. The van der Waals surface area contributed by atoms with Crippen molar-refractivity contribution in [2.24, 2.45) is 11.7 Å². The van der Waals surface area contributed by atoms with Gasteiger partial charge in [0.25, 0.3) is 0 Å². The number of carbonyl (C=O) groups excluding carboxylic acids is 1. The van der Waals surface area contributed by atoms with E-state index in [-0.39, 0.29) is 11.8 Å². The van der Waals surface area contributed by atoms with Gasteiger partial charge in [-0.05, 0) is 36.2 Å². The third-order valence-corrected chi connectivity index (χ3v) is 3.37. The van der Waals surface area contributed by atoms with E-state index in [9.17, 15) is 4.79 Å². The fourth-order valence-corrected chi connectivity index (χ4v) is 2.02. The number of aromatic nitrogens is 2. The van der Waals surface area contributed by atoms with E-state index in [4.69, 9.17) is 5.73 Å². The number of nitrogens with two attached hydrogens (primary N) is 1. The third kappa shape index (κ3) is 3.68. The molecule has 0 radical (unpaired) electrons. The molecule has 1 unspecified atom stereocenters. The van der Waals surface area contributed by atoms with Crippen LogP contribution in [0.1, 0.15) is 19.8 Å². The maximum absolute atomic E-state index is 11.9. The maximum Gasteiger partial charge on any atom is 0.224 e. The zero-order valence-corrected chi connectivity index (χ0v) is 11.6. The summed E-state index contributed by atoms with van der Waals surface area (Å²) in [6.45, 7) is 2.59. The van der Waals surface area contributed by atoms with Gasteiger partial charge in [-0.25, -0.2) is 0 Å². The van der Waals surface area contributed by atoms with Crippen molar-refractivity contribution in [2.75, 3.05) is 11.9 Å². The molecule has 0 aliphatic carbocycles. The molecule has 5 heteroatoms. The lowest BCUT2D eigenvalue weighted by Gasteiger charge is -2.12. The van der Waals surface area contributed by atoms with Crippen molar-refractivity contribution in [3.8, 4) is 11.3 Å². The minimum absolute atomic E-state index is 0.0107. The van der Waals surface area contributed by atoms with Crippen LogP contribution in [0.4, 0.5) is 5.69 Å². The van der Waals surface area contributed by atoms with E-state index in [0.717, 1.165) is 23.4 Å². The molecule has 0 saturated heterocycles. The minimum Gasteiger partial charge on any atom is -0.330 e. The van der Waals surface area contributed by atoms with Gasteiger partial charge in [-0.3, -0.25) is 9.89 Å². The third-order valence-electron chi connectivity index (χ3n) is 3.37. The number of hydrogen-bond acceptors (Lipinski definition) is 3. The number of nitrogens with zero attached hydrogens (tertiary/aromatic N) is 1. The van der Waals surface area contributed by atoms with Gasteiger partial charge < -0.3 is 11.1 Å². The molecule has 1 aromatic carbocycles. The Kier molecular flexibility index (Phi) is 4.90. The summed E-state index contributed by atoms with van der Waals surface area (Å²) in [5.41, 5.74) is 8.40. The zero-order valence-electron chi connectivity index (χ0n) is 11.6. The van der Waals surface area contributed by atoms with Gasteiger partial charge in [-0.15, -0.1) is 0 Å². The highest BCUT2D eigenvalue weighted by Gasteiger charge is 2.10. The monoisotopic (exact) mass is 272 g/mol. The Labute approximate surface area is 118 Å². The zero-order chi connectivity index (χ0) is 14.4. The van der Waals surface area contributed by atoms with Gasteiger partial charge in [0.15, 0.2) is 0 Å². The number of benzene rings is 1. The van der Waals surface area contributed by atoms with Crippen molar-refractivity contribution < 1.29 is 4.79 Å². The number of nitrogens with one attached hydrogen (secondary N) is 2. The van der Waals surface area contributed by atoms with Crippen LogP contribution in [0.25, 0.3) is 11.3 Å². The SMILES string of the molecule is CCC(CN)CC(=O)Nc1ccc(-c2ccn[nH]2)cc1. The van der Waals surface area contributed by atoms with E-state index < -0.39 is 0 Å². The first-order valence-corrected chi connectivity index (χ1v) is 6.82. The molecule has 0 aliphatic heterocycles. The number of amides is 1. The molecule has 1 atom stereocenters. The van der Waals surface area contributed by atoms with E-state index in [2.05, 4.69) is 15.5 Å². The smallest absolute Gasteiger partial charge is 0.224 e. The summed E-state index contributed by atoms with van der Waals surface area (Å²) in [6.07, 6.45) is 3.10. The Morgan fingerprint density at radius 2 is 2.10 bits per heavy atom. The lowest BCUT2D eigenvalue weighted by molar-refractivity contribution is -0.117. The molecule has 4 N–H and O–H groups in total. The number of aromatic amines is 1. The summed E-state index contributed by atoms with van der Waals surface area (Å²) in [5, 5.41) is 9.71. The molecule has 20 heavy (non-hydrogen) atoms. The van der Waals surface area contributed by atoms with E-state index in [1.165, 1.54) is 0 Å². The minimum atomic E-state index is 0.0107. The van der Waals surface area contributed by atoms with Crippen LogP contribution in [0.5, 0.6) is 0 Å². The highest BCUT2D eigenvalue weighted by molar-refractivity contribution is 5.91. The van der Waals surface area contributed by atoms with Gasteiger partial charge in [0.2, 0.25) is 5.91 Å². The summed E-state index contributed by atoms with van der Waals surface area (Å²) in [7, 11) is 0. The van der Waals surface area contributed by atoms with Crippen LogP contribution < -0.4 is 11.1 Å². The topological polar surface area (TPSA) is 83.8 Å². The highest BCUT2D eigenvalue weighted by Crippen LogP contribution is 2.19. The van der Waals surface area contributed by atoms with Gasteiger partial charge in [0, 0.05) is 18.3 Å². The van der Waals surface area contributed by atoms with Gasteiger partial charge in [-0.1, -0.05) is 25.5 Å². The van der Waals surface area contributed by atoms with Crippen LogP contribution in [0.2, 0.25) is 0 Å². The average Bonchev–Trinajstić information content (AvgIpc) is 2.99. The van der Waals surface area contributed by atoms with Gasteiger partial charge >= 0.3 is 0 Å².